The summed E-state index contributed by atoms with van der Waals surface area (Å²) in [6.07, 6.45) is 1.67. The van der Waals surface area contributed by atoms with E-state index in [1.807, 2.05) is 12.1 Å². The SMILES string of the molecule is CC(C)c1ccc(-c2nccc(CO)n2)cc1. The zero-order chi connectivity index (χ0) is 12.3. The first-order valence-corrected chi connectivity index (χ1v) is 5.74. The van der Waals surface area contributed by atoms with Crippen molar-refractivity contribution in [3.8, 4) is 11.4 Å². The second-order valence-corrected chi connectivity index (χ2v) is 4.31. The lowest BCUT2D eigenvalue weighted by atomic mass is 10.0. The minimum atomic E-state index is -0.0560. The summed E-state index contributed by atoms with van der Waals surface area (Å²) in [5.74, 6) is 1.18. The summed E-state index contributed by atoms with van der Waals surface area (Å²) in [7, 11) is 0. The van der Waals surface area contributed by atoms with Crippen LogP contribution in [0, 0.1) is 0 Å². The molecule has 3 nitrogen and oxygen atoms in total. The molecule has 0 aliphatic rings. The van der Waals surface area contributed by atoms with E-state index in [1.54, 1.807) is 12.3 Å². The highest BCUT2D eigenvalue weighted by atomic mass is 16.3. The highest BCUT2D eigenvalue weighted by molar-refractivity contribution is 5.55. The van der Waals surface area contributed by atoms with Gasteiger partial charge in [0, 0.05) is 11.8 Å². The van der Waals surface area contributed by atoms with Crippen molar-refractivity contribution in [2.45, 2.75) is 26.4 Å². The molecular weight excluding hydrogens is 212 g/mol. The molecule has 0 saturated carbocycles. The minimum Gasteiger partial charge on any atom is -0.390 e. The lowest BCUT2D eigenvalue weighted by Gasteiger charge is -2.06. The van der Waals surface area contributed by atoms with Crippen molar-refractivity contribution in [2.24, 2.45) is 0 Å². The summed E-state index contributed by atoms with van der Waals surface area (Å²) < 4.78 is 0. The number of aliphatic hydroxyl groups is 1. The summed E-state index contributed by atoms with van der Waals surface area (Å²) in [5, 5.41) is 9.04. The van der Waals surface area contributed by atoms with Gasteiger partial charge in [-0.2, -0.15) is 0 Å². The van der Waals surface area contributed by atoms with E-state index in [4.69, 9.17) is 5.11 Å². The van der Waals surface area contributed by atoms with Gasteiger partial charge in [0.2, 0.25) is 0 Å². The first kappa shape index (κ1) is 11.7. The highest BCUT2D eigenvalue weighted by Gasteiger charge is 2.03. The van der Waals surface area contributed by atoms with Crippen molar-refractivity contribution >= 4 is 0 Å². The number of benzene rings is 1. The average molecular weight is 228 g/mol. The van der Waals surface area contributed by atoms with Crippen LogP contribution in [0.3, 0.4) is 0 Å². The Morgan fingerprint density at radius 2 is 1.82 bits per heavy atom. The second kappa shape index (κ2) is 5.06. The molecule has 88 valence electrons. The lowest BCUT2D eigenvalue weighted by Crippen LogP contribution is -1.95. The third-order valence-electron chi connectivity index (χ3n) is 2.71. The Labute approximate surface area is 101 Å². The molecule has 2 rings (SSSR count). The summed E-state index contributed by atoms with van der Waals surface area (Å²) >= 11 is 0. The topological polar surface area (TPSA) is 46.0 Å². The maximum atomic E-state index is 9.04. The van der Waals surface area contributed by atoms with Gasteiger partial charge in [-0.15, -0.1) is 0 Å². The van der Waals surface area contributed by atoms with Crippen molar-refractivity contribution < 1.29 is 5.11 Å². The molecule has 17 heavy (non-hydrogen) atoms. The van der Waals surface area contributed by atoms with Crippen LogP contribution in [0.4, 0.5) is 0 Å². The van der Waals surface area contributed by atoms with E-state index in [2.05, 4.69) is 35.9 Å². The Morgan fingerprint density at radius 3 is 2.41 bits per heavy atom. The van der Waals surface area contributed by atoms with Crippen LogP contribution < -0.4 is 0 Å². The minimum absolute atomic E-state index is 0.0560. The number of aliphatic hydroxyl groups excluding tert-OH is 1. The molecule has 0 fully saturated rings. The third-order valence-corrected chi connectivity index (χ3v) is 2.71. The van der Waals surface area contributed by atoms with Crippen molar-refractivity contribution in [2.75, 3.05) is 0 Å². The largest absolute Gasteiger partial charge is 0.390 e. The molecule has 0 amide bonds. The molecule has 1 heterocycles. The van der Waals surface area contributed by atoms with Gasteiger partial charge >= 0.3 is 0 Å². The van der Waals surface area contributed by atoms with Crippen LogP contribution in [0.15, 0.2) is 36.5 Å². The van der Waals surface area contributed by atoms with Gasteiger partial charge in [-0.3, -0.25) is 0 Å². The smallest absolute Gasteiger partial charge is 0.159 e. The number of hydrogen-bond donors (Lipinski definition) is 1. The summed E-state index contributed by atoms with van der Waals surface area (Å²) in [6.45, 7) is 4.27. The predicted molar refractivity (Wildman–Crippen MR) is 67.5 cm³/mol. The van der Waals surface area contributed by atoms with Crippen LogP contribution in [-0.4, -0.2) is 15.1 Å². The van der Waals surface area contributed by atoms with Crippen LogP contribution in [-0.2, 0) is 6.61 Å². The van der Waals surface area contributed by atoms with Crippen molar-refractivity contribution in [3.05, 3.63) is 47.8 Å². The first-order valence-electron chi connectivity index (χ1n) is 5.74. The molecular formula is C14H16N2O. The quantitative estimate of drug-likeness (QED) is 0.878. The molecule has 0 bridgehead atoms. The standard InChI is InChI=1S/C14H16N2O/c1-10(2)11-3-5-12(6-4-11)14-15-8-7-13(9-17)16-14/h3-8,10,17H,9H2,1-2H3. The van der Waals surface area contributed by atoms with Crippen LogP contribution >= 0.6 is 0 Å². The van der Waals surface area contributed by atoms with Crippen LogP contribution in [0.2, 0.25) is 0 Å². The van der Waals surface area contributed by atoms with E-state index in [0.717, 1.165) is 5.56 Å². The summed E-state index contributed by atoms with van der Waals surface area (Å²) in [4.78, 5) is 8.48. The molecule has 1 aromatic heterocycles. The molecule has 1 aromatic carbocycles. The van der Waals surface area contributed by atoms with Gasteiger partial charge in [0.05, 0.1) is 12.3 Å². The van der Waals surface area contributed by atoms with Crippen LogP contribution in [0.1, 0.15) is 31.0 Å². The van der Waals surface area contributed by atoms with Gasteiger partial charge in [-0.05, 0) is 17.5 Å². The van der Waals surface area contributed by atoms with Gasteiger partial charge in [0.25, 0.3) is 0 Å². The Bertz CT molecular complexity index is 492. The molecule has 3 heteroatoms. The fourth-order valence-electron chi connectivity index (χ4n) is 1.64. The van der Waals surface area contributed by atoms with Gasteiger partial charge < -0.3 is 5.11 Å². The van der Waals surface area contributed by atoms with E-state index >= 15 is 0 Å². The molecule has 0 atom stereocenters. The maximum absolute atomic E-state index is 9.04. The maximum Gasteiger partial charge on any atom is 0.159 e. The number of rotatable bonds is 3. The van der Waals surface area contributed by atoms with E-state index < -0.39 is 0 Å². The molecule has 0 saturated heterocycles. The molecule has 0 unspecified atom stereocenters. The Morgan fingerprint density at radius 1 is 1.12 bits per heavy atom. The normalized spacial score (nSPS) is 10.8. The van der Waals surface area contributed by atoms with Gasteiger partial charge in [-0.1, -0.05) is 38.1 Å². The number of nitrogens with zero attached hydrogens (tertiary/aromatic N) is 2. The van der Waals surface area contributed by atoms with Crippen LogP contribution in [0.25, 0.3) is 11.4 Å². The highest BCUT2D eigenvalue weighted by Crippen LogP contribution is 2.19. The molecule has 0 spiro atoms. The fourth-order valence-corrected chi connectivity index (χ4v) is 1.64. The zero-order valence-corrected chi connectivity index (χ0v) is 10.1. The Balaban J connectivity index is 2.32. The lowest BCUT2D eigenvalue weighted by molar-refractivity contribution is 0.277. The third kappa shape index (κ3) is 2.68. The van der Waals surface area contributed by atoms with Gasteiger partial charge in [0.15, 0.2) is 5.82 Å². The summed E-state index contributed by atoms with van der Waals surface area (Å²) in [6, 6.07) is 9.94. The molecule has 2 aromatic rings. The fraction of sp³-hybridized carbons (Fsp3) is 0.286. The van der Waals surface area contributed by atoms with Crippen LogP contribution in [0.5, 0.6) is 0 Å². The molecule has 0 aliphatic carbocycles. The predicted octanol–water partition coefficient (Wildman–Crippen LogP) is 2.76. The van der Waals surface area contributed by atoms with E-state index in [0.29, 0.717) is 17.4 Å². The van der Waals surface area contributed by atoms with E-state index in [9.17, 15) is 0 Å². The van der Waals surface area contributed by atoms with Gasteiger partial charge in [0.1, 0.15) is 0 Å². The molecule has 0 radical (unpaired) electrons. The van der Waals surface area contributed by atoms with Crippen molar-refractivity contribution in [3.63, 3.8) is 0 Å². The van der Waals surface area contributed by atoms with E-state index in [1.165, 1.54) is 5.56 Å². The molecule has 1 N–H and O–H groups in total. The second-order valence-electron chi connectivity index (χ2n) is 4.31. The van der Waals surface area contributed by atoms with Crippen molar-refractivity contribution in [1.29, 1.82) is 0 Å². The Kier molecular flexibility index (Phi) is 3.49. The number of aromatic nitrogens is 2. The first-order chi connectivity index (χ1) is 8.20. The molecule has 0 aliphatic heterocycles. The van der Waals surface area contributed by atoms with Crippen molar-refractivity contribution in [1.82, 2.24) is 9.97 Å². The average Bonchev–Trinajstić information content (AvgIpc) is 2.39. The van der Waals surface area contributed by atoms with Gasteiger partial charge in [-0.25, -0.2) is 9.97 Å². The summed E-state index contributed by atoms with van der Waals surface area (Å²) in [5.41, 5.74) is 2.92. The Hall–Kier alpha value is -1.74. The monoisotopic (exact) mass is 228 g/mol. The number of hydrogen-bond acceptors (Lipinski definition) is 3. The zero-order valence-electron chi connectivity index (χ0n) is 10.1. The van der Waals surface area contributed by atoms with E-state index in [-0.39, 0.29) is 6.61 Å².